The Hall–Kier alpha value is -0.900. The average molecular weight is 364 g/mol. The molecular weight excluding hydrogens is 330 g/mol. The number of hydrogen-bond acceptors (Lipinski definition) is 5. The van der Waals surface area contributed by atoms with Crippen LogP contribution in [0.25, 0.3) is 0 Å². The first-order valence-electron chi connectivity index (χ1n) is 8.76. The van der Waals surface area contributed by atoms with E-state index < -0.39 is 10.0 Å². The maximum atomic E-state index is 11.7. The Morgan fingerprint density at radius 1 is 1.25 bits per heavy atom. The maximum absolute atomic E-state index is 11.7. The molecule has 8 nitrogen and oxygen atoms in total. The van der Waals surface area contributed by atoms with Crippen molar-refractivity contribution in [1.82, 2.24) is 19.8 Å². The van der Waals surface area contributed by atoms with Crippen LogP contribution < -0.4 is 10.6 Å². The summed E-state index contributed by atoms with van der Waals surface area (Å²) in [5, 5.41) is 6.54. The number of hydrogen-bond donors (Lipinski definition) is 2. The molecule has 2 N–H and O–H groups in total. The fourth-order valence-corrected chi connectivity index (χ4v) is 3.19. The zero-order chi connectivity index (χ0) is 17.8. The highest BCUT2D eigenvalue weighted by atomic mass is 32.2. The van der Waals surface area contributed by atoms with Gasteiger partial charge in [0.1, 0.15) is 0 Å². The van der Waals surface area contributed by atoms with Crippen molar-refractivity contribution in [2.24, 2.45) is 4.99 Å². The Morgan fingerprint density at radius 2 is 1.96 bits per heavy atom. The molecule has 0 amide bonds. The number of nitrogens with one attached hydrogen (secondary N) is 2. The van der Waals surface area contributed by atoms with Crippen molar-refractivity contribution in [1.29, 1.82) is 0 Å². The summed E-state index contributed by atoms with van der Waals surface area (Å²) in [5.74, 6) is 0.921. The standard InChI is InChI=1S/C15H33N5O3S/c1-4-16-15(18-8-10-20-11-13-23-14-12-20)17-7-6-9-19(3)24(21,22)5-2/h4-14H2,1-3H3,(H2,16,17,18). The van der Waals surface area contributed by atoms with E-state index in [1.165, 1.54) is 4.31 Å². The molecule has 0 atom stereocenters. The second kappa shape index (κ2) is 11.6. The molecule has 0 bridgehead atoms. The Bertz CT molecular complexity index is 464. The van der Waals surface area contributed by atoms with Gasteiger partial charge >= 0.3 is 0 Å². The molecule has 1 fully saturated rings. The highest BCUT2D eigenvalue weighted by Gasteiger charge is 2.14. The molecule has 1 rings (SSSR count). The summed E-state index contributed by atoms with van der Waals surface area (Å²) in [4.78, 5) is 6.87. The lowest BCUT2D eigenvalue weighted by atomic mass is 10.4. The van der Waals surface area contributed by atoms with E-state index in [1.54, 1.807) is 14.0 Å². The van der Waals surface area contributed by atoms with Crippen LogP contribution >= 0.6 is 0 Å². The zero-order valence-corrected chi connectivity index (χ0v) is 16.1. The predicted octanol–water partition coefficient (Wildman–Crippen LogP) is -0.455. The SMILES string of the molecule is CCNC(=NCCCN(C)S(=O)(=O)CC)NCCN1CCOCC1. The Balaban J connectivity index is 2.28. The molecule has 1 heterocycles. The molecule has 0 saturated carbocycles. The van der Waals surface area contributed by atoms with Crippen LogP contribution in [0.4, 0.5) is 0 Å². The number of nitrogens with zero attached hydrogens (tertiary/aromatic N) is 3. The van der Waals surface area contributed by atoms with E-state index in [0.29, 0.717) is 19.5 Å². The second-order valence-electron chi connectivity index (χ2n) is 5.72. The van der Waals surface area contributed by atoms with Gasteiger partial charge in [-0.25, -0.2) is 12.7 Å². The van der Waals surface area contributed by atoms with Gasteiger partial charge in [-0.2, -0.15) is 0 Å². The monoisotopic (exact) mass is 363 g/mol. The van der Waals surface area contributed by atoms with Crippen molar-refractivity contribution in [3.8, 4) is 0 Å². The molecule has 1 aliphatic heterocycles. The van der Waals surface area contributed by atoms with E-state index in [1.807, 2.05) is 6.92 Å². The van der Waals surface area contributed by atoms with Crippen molar-refractivity contribution in [3.05, 3.63) is 0 Å². The molecule has 0 spiro atoms. The molecule has 9 heteroatoms. The third-order valence-corrected chi connectivity index (χ3v) is 5.77. The zero-order valence-electron chi connectivity index (χ0n) is 15.3. The molecule has 142 valence electrons. The van der Waals surface area contributed by atoms with E-state index >= 15 is 0 Å². The molecule has 0 aromatic carbocycles. The van der Waals surface area contributed by atoms with Crippen molar-refractivity contribution >= 4 is 16.0 Å². The summed E-state index contributed by atoms with van der Waals surface area (Å²) in [6.07, 6.45) is 0.704. The predicted molar refractivity (Wildman–Crippen MR) is 97.9 cm³/mol. The highest BCUT2D eigenvalue weighted by molar-refractivity contribution is 7.89. The van der Waals surface area contributed by atoms with Gasteiger partial charge in [-0.05, 0) is 20.3 Å². The summed E-state index contributed by atoms with van der Waals surface area (Å²) in [6, 6.07) is 0. The Kier molecular flexibility index (Phi) is 10.2. The number of rotatable bonds is 10. The first-order chi connectivity index (χ1) is 11.5. The van der Waals surface area contributed by atoms with Gasteiger partial charge < -0.3 is 15.4 Å². The van der Waals surface area contributed by atoms with Gasteiger partial charge in [0.15, 0.2) is 5.96 Å². The van der Waals surface area contributed by atoms with Crippen molar-refractivity contribution in [2.75, 3.05) is 71.8 Å². The minimum absolute atomic E-state index is 0.137. The van der Waals surface area contributed by atoms with Gasteiger partial charge in [-0.15, -0.1) is 0 Å². The van der Waals surface area contributed by atoms with Gasteiger partial charge in [0, 0.05) is 52.9 Å². The molecule has 24 heavy (non-hydrogen) atoms. The fraction of sp³-hybridized carbons (Fsp3) is 0.933. The molecule has 1 aliphatic rings. The Labute approximate surface area is 146 Å². The summed E-state index contributed by atoms with van der Waals surface area (Å²) >= 11 is 0. The molecule has 0 radical (unpaired) electrons. The number of aliphatic imine (C=N–C) groups is 1. The number of guanidine groups is 1. The average Bonchev–Trinajstić information content (AvgIpc) is 2.59. The second-order valence-corrected chi connectivity index (χ2v) is 8.08. The first-order valence-corrected chi connectivity index (χ1v) is 10.4. The quantitative estimate of drug-likeness (QED) is 0.310. The van der Waals surface area contributed by atoms with E-state index in [2.05, 4.69) is 20.5 Å². The number of ether oxygens (including phenoxy) is 1. The third-order valence-electron chi connectivity index (χ3n) is 3.91. The fourth-order valence-electron chi connectivity index (χ4n) is 2.34. The van der Waals surface area contributed by atoms with Crippen LogP contribution in [0, 0.1) is 0 Å². The lowest BCUT2D eigenvalue weighted by Crippen LogP contribution is -2.44. The minimum Gasteiger partial charge on any atom is -0.379 e. The van der Waals surface area contributed by atoms with Gasteiger partial charge in [0.05, 0.1) is 19.0 Å². The molecular formula is C15H33N5O3S. The number of sulfonamides is 1. The Morgan fingerprint density at radius 3 is 2.58 bits per heavy atom. The highest BCUT2D eigenvalue weighted by Crippen LogP contribution is 1.99. The summed E-state index contributed by atoms with van der Waals surface area (Å²) in [5.41, 5.74) is 0. The molecule has 0 aliphatic carbocycles. The van der Waals surface area contributed by atoms with Crippen LogP contribution in [-0.4, -0.2) is 95.4 Å². The third kappa shape index (κ3) is 8.27. The van der Waals surface area contributed by atoms with Crippen LogP contribution in [0.5, 0.6) is 0 Å². The van der Waals surface area contributed by atoms with Gasteiger partial charge in [0.25, 0.3) is 0 Å². The largest absolute Gasteiger partial charge is 0.379 e. The van der Waals surface area contributed by atoms with E-state index in [0.717, 1.165) is 51.9 Å². The van der Waals surface area contributed by atoms with Gasteiger partial charge in [-0.1, -0.05) is 0 Å². The topological polar surface area (TPSA) is 86.3 Å². The van der Waals surface area contributed by atoms with Crippen LogP contribution in [0.2, 0.25) is 0 Å². The summed E-state index contributed by atoms with van der Waals surface area (Å²) in [6.45, 7) is 10.9. The minimum atomic E-state index is -3.10. The van der Waals surface area contributed by atoms with E-state index in [4.69, 9.17) is 4.74 Å². The van der Waals surface area contributed by atoms with E-state index in [-0.39, 0.29) is 5.75 Å². The first kappa shape index (κ1) is 21.1. The molecule has 0 unspecified atom stereocenters. The smallest absolute Gasteiger partial charge is 0.213 e. The normalized spacial score (nSPS) is 17.2. The van der Waals surface area contributed by atoms with Gasteiger partial charge in [0.2, 0.25) is 10.0 Å². The molecule has 0 aromatic rings. The lowest BCUT2D eigenvalue weighted by Gasteiger charge is -2.26. The lowest BCUT2D eigenvalue weighted by molar-refractivity contribution is 0.0389. The van der Waals surface area contributed by atoms with Crippen molar-refractivity contribution < 1.29 is 13.2 Å². The summed E-state index contributed by atoms with van der Waals surface area (Å²) < 4.78 is 30.1. The van der Waals surface area contributed by atoms with Crippen molar-refractivity contribution in [3.63, 3.8) is 0 Å². The summed E-state index contributed by atoms with van der Waals surface area (Å²) in [7, 11) is -1.48. The van der Waals surface area contributed by atoms with E-state index in [9.17, 15) is 8.42 Å². The van der Waals surface area contributed by atoms with Crippen molar-refractivity contribution in [2.45, 2.75) is 20.3 Å². The van der Waals surface area contributed by atoms with Crippen LogP contribution in [0.3, 0.4) is 0 Å². The van der Waals surface area contributed by atoms with Gasteiger partial charge in [-0.3, -0.25) is 9.89 Å². The number of morpholine rings is 1. The molecule has 1 saturated heterocycles. The van der Waals surface area contributed by atoms with Crippen LogP contribution in [-0.2, 0) is 14.8 Å². The molecule has 0 aromatic heterocycles. The van der Waals surface area contributed by atoms with Crippen LogP contribution in [0.15, 0.2) is 4.99 Å². The maximum Gasteiger partial charge on any atom is 0.213 e. The van der Waals surface area contributed by atoms with Crippen LogP contribution in [0.1, 0.15) is 20.3 Å².